The van der Waals surface area contributed by atoms with Gasteiger partial charge in [-0.1, -0.05) is 12.1 Å². The Hall–Kier alpha value is -0.870. The van der Waals surface area contributed by atoms with Gasteiger partial charge in [0.05, 0.1) is 0 Å². The van der Waals surface area contributed by atoms with Crippen LogP contribution in [0.2, 0.25) is 0 Å². The smallest absolute Gasteiger partial charge is 0.0411 e. The highest BCUT2D eigenvalue weighted by atomic mass is 32.2. The molecule has 2 rings (SSSR count). The van der Waals surface area contributed by atoms with E-state index in [9.17, 15) is 4.21 Å². The highest BCUT2D eigenvalue weighted by molar-refractivity contribution is 7.85. The number of benzene rings is 1. The van der Waals surface area contributed by atoms with Crippen molar-refractivity contribution in [3.8, 4) is 0 Å². The summed E-state index contributed by atoms with van der Waals surface area (Å²) in [5.41, 5.74) is 7.91. The van der Waals surface area contributed by atoms with Crippen LogP contribution in [-0.4, -0.2) is 28.8 Å². The molecule has 82 valence electrons. The number of nitrogens with zero attached hydrogens (tertiary/aromatic N) is 1. The standard InChI is InChI=1S/C11H16N2OS/c12-9-10-1-3-11(4-2-10)13-5-7-15(14)8-6-13/h1-4H,5-9,12H2. The zero-order chi connectivity index (χ0) is 10.7. The Kier molecular flexibility index (Phi) is 3.38. The van der Waals surface area contributed by atoms with Crippen molar-refractivity contribution in [2.75, 3.05) is 29.5 Å². The minimum atomic E-state index is -0.602. The summed E-state index contributed by atoms with van der Waals surface area (Å²) in [5, 5.41) is 0. The fourth-order valence-corrected chi connectivity index (χ4v) is 2.79. The van der Waals surface area contributed by atoms with E-state index >= 15 is 0 Å². The van der Waals surface area contributed by atoms with E-state index in [-0.39, 0.29) is 0 Å². The van der Waals surface area contributed by atoms with E-state index in [0.29, 0.717) is 6.54 Å². The Morgan fingerprint density at radius 1 is 1.20 bits per heavy atom. The molecule has 0 bridgehead atoms. The van der Waals surface area contributed by atoms with Crippen LogP contribution < -0.4 is 10.6 Å². The first-order valence-electron chi connectivity index (χ1n) is 5.18. The van der Waals surface area contributed by atoms with Gasteiger partial charge in [0.1, 0.15) is 0 Å². The number of rotatable bonds is 2. The van der Waals surface area contributed by atoms with Gasteiger partial charge in [0, 0.05) is 47.6 Å². The third kappa shape index (κ3) is 2.58. The van der Waals surface area contributed by atoms with Crippen molar-refractivity contribution in [1.82, 2.24) is 0 Å². The summed E-state index contributed by atoms with van der Waals surface area (Å²) in [6.07, 6.45) is 0. The second kappa shape index (κ2) is 4.77. The summed E-state index contributed by atoms with van der Waals surface area (Å²) in [5.74, 6) is 1.58. The van der Waals surface area contributed by atoms with Crippen molar-refractivity contribution in [1.29, 1.82) is 0 Å². The highest BCUT2D eigenvalue weighted by Crippen LogP contribution is 2.16. The molecule has 0 saturated carbocycles. The maximum absolute atomic E-state index is 11.2. The van der Waals surface area contributed by atoms with Crippen molar-refractivity contribution in [2.24, 2.45) is 5.73 Å². The van der Waals surface area contributed by atoms with Gasteiger partial charge in [-0.15, -0.1) is 0 Å². The van der Waals surface area contributed by atoms with Crippen LogP contribution in [0.15, 0.2) is 24.3 Å². The van der Waals surface area contributed by atoms with Crippen molar-refractivity contribution in [3.05, 3.63) is 29.8 Å². The van der Waals surface area contributed by atoms with E-state index in [2.05, 4.69) is 29.2 Å². The predicted molar refractivity (Wildman–Crippen MR) is 64.4 cm³/mol. The fraction of sp³-hybridized carbons (Fsp3) is 0.455. The quantitative estimate of drug-likeness (QED) is 0.805. The Balaban J connectivity index is 2.06. The number of hydrogen-bond donors (Lipinski definition) is 1. The van der Waals surface area contributed by atoms with Crippen LogP contribution in [-0.2, 0) is 17.3 Å². The molecule has 1 heterocycles. The topological polar surface area (TPSA) is 46.3 Å². The molecule has 1 aromatic rings. The van der Waals surface area contributed by atoms with E-state index in [1.54, 1.807) is 0 Å². The van der Waals surface area contributed by atoms with Crippen LogP contribution in [0.1, 0.15) is 5.56 Å². The molecule has 0 aliphatic carbocycles. The van der Waals surface area contributed by atoms with Crippen molar-refractivity contribution in [3.63, 3.8) is 0 Å². The van der Waals surface area contributed by atoms with Crippen LogP contribution in [0.5, 0.6) is 0 Å². The monoisotopic (exact) mass is 224 g/mol. The summed E-state index contributed by atoms with van der Waals surface area (Å²) in [6.45, 7) is 2.38. The normalized spacial score (nSPS) is 18.1. The summed E-state index contributed by atoms with van der Waals surface area (Å²) in [6, 6.07) is 8.30. The molecule has 4 heteroatoms. The molecule has 15 heavy (non-hydrogen) atoms. The van der Waals surface area contributed by atoms with Crippen molar-refractivity contribution < 1.29 is 4.21 Å². The zero-order valence-corrected chi connectivity index (χ0v) is 9.50. The van der Waals surface area contributed by atoms with E-state index in [1.807, 2.05) is 0 Å². The Morgan fingerprint density at radius 3 is 2.33 bits per heavy atom. The highest BCUT2D eigenvalue weighted by Gasteiger charge is 2.14. The van der Waals surface area contributed by atoms with Crippen LogP contribution in [0.4, 0.5) is 5.69 Å². The molecule has 1 fully saturated rings. The van der Waals surface area contributed by atoms with Gasteiger partial charge in [-0.2, -0.15) is 0 Å². The third-order valence-electron chi connectivity index (χ3n) is 2.71. The van der Waals surface area contributed by atoms with Gasteiger partial charge >= 0.3 is 0 Å². The molecule has 0 radical (unpaired) electrons. The largest absolute Gasteiger partial charge is 0.370 e. The van der Waals surface area contributed by atoms with Crippen LogP contribution >= 0.6 is 0 Å². The molecule has 1 aromatic carbocycles. The first-order valence-corrected chi connectivity index (χ1v) is 6.67. The summed E-state index contributed by atoms with van der Waals surface area (Å²) in [7, 11) is -0.602. The van der Waals surface area contributed by atoms with Gasteiger partial charge in [0.15, 0.2) is 0 Å². The van der Waals surface area contributed by atoms with Gasteiger partial charge in [-0.05, 0) is 17.7 Å². The summed E-state index contributed by atoms with van der Waals surface area (Å²) in [4.78, 5) is 2.28. The van der Waals surface area contributed by atoms with Crippen molar-refractivity contribution >= 4 is 16.5 Å². The molecule has 0 unspecified atom stereocenters. The predicted octanol–water partition coefficient (Wildman–Crippen LogP) is 0.714. The molecule has 0 aromatic heterocycles. The summed E-state index contributed by atoms with van der Waals surface area (Å²) >= 11 is 0. The lowest BCUT2D eigenvalue weighted by Crippen LogP contribution is -2.37. The Labute approximate surface area is 92.7 Å². The molecule has 1 aliphatic heterocycles. The molecular weight excluding hydrogens is 208 g/mol. The summed E-state index contributed by atoms with van der Waals surface area (Å²) < 4.78 is 11.2. The average molecular weight is 224 g/mol. The lowest BCUT2D eigenvalue weighted by molar-refractivity contribution is 0.673. The van der Waals surface area contributed by atoms with E-state index in [4.69, 9.17) is 5.73 Å². The minimum Gasteiger partial charge on any atom is -0.370 e. The second-order valence-corrected chi connectivity index (χ2v) is 5.40. The Morgan fingerprint density at radius 2 is 1.80 bits per heavy atom. The van der Waals surface area contributed by atoms with Gasteiger partial charge in [-0.25, -0.2) is 0 Å². The lowest BCUT2D eigenvalue weighted by atomic mass is 10.2. The van der Waals surface area contributed by atoms with Gasteiger partial charge in [0.2, 0.25) is 0 Å². The number of anilines is 1. The molecule has 3 nitrogen and oxygen atoms in total. The van der Waals surface area contributed by atoms with E-state index in [1.165, 1.54) is 5.69 Å². The maximum Gasteiger partial charge on any atom is 0.0411 e. The minimum absolute atomic E-state index is 0.588. The first-order chi connectivity index (χ1) is 7.29. The number of nitrogens with two attached hydrogens (primary N) is 1. The van der Waals surface area contributed by atoms with E-state index in [0.717, 1.165) is 30.2 Å². The Bertz CT molecular complexity index is 340. The first kappa shape index (κ1) is 10.6. The van der Waals surface area contributed by atoms with E-state index < -0.39 is 10.8 Å². The van der Waals surface area contributed by atoms with Crippen LogP contribution in [0.3, 0.4) is 0 Å². The molecule has 0 amide bonds. The van der Waals surface area contributed by atoms with Crippen molar-refractivity contribution in [2.45, 2.75) is 6.54 Å². The second-order valence-electron chi connectivity index (χ2n) is 3.71. The van der Waals surface area contributed by atoms with Gasteiger partial charge in [-0.3, -0.25) is 4.21 Å². The van der Waals surface area contributed by atoms with Crippen LogP contribution in [0.25, 0.3) is 0 Å². The number of hydrogen-bond acceptors (Lipinski definition) is 3. The SMILES string of the molecule is NCc1ccc(N2CCS(=O)CC2)cc1. The molecule has 1 aliphatic rings. The van der Waals surface area contributed by atoms with Gasteiger partial charge < -0.3 is 10.6 Å². The molecule has 0 atom stereocenters. The molecule has 0 spiro atoms. The fourth-order valence-electron chi connectivity index (χ4n) is 1.74. The molecule has 1 saturated heterocycles. The lowest BCUT2D eigenvalue weighted by Gasteiger charge is -2.28. The third-order valence-corrected chi connectivity index (χ3v) is 3.99. The zero-order valence-electron chi connectivity index (χ0n) is 8.69. The maximum atomic E-state index is 11.2. The van der Waals surface area contributed by atoms with Gasteiger partial charge in [0.25, 0.3) is 0 Å². The molecule has 2 N–H and O–H groups in total. The molecular formula is C11H16N2OS. The van der Waals surface area contributed by atoms with Crippen LogP contribution in [0, 0.1) is 0 Å². The average Bonchev–Trinajstić information content (AvgIpc) is 2.30.